The number of nitrogens with zero attached hydrogens (tertiary/aromatic N) is 1. The molecule has 0 saturated heterocycles. The summed E-state index contributed by atoms with van der Waals surface area (Å²) in [6, 6.07) is 6.40. The van der Waals surface area contributed by atoms with Gasteiger partial charge in [0.15, 0.2) is 5.11 Å². The minimum absolute atomic E-state index is 0.198. The largest absolute Gasteiger partial charge is 0.376 e. The number of benzene rings is 1. The molecule has 3 amide bonds. The van der Waals surface area contributed by atoms with E-state index in [1.165, 1.54) is 0 Å². The summed E-state index contributed by atoms with van der Waals surface area (Å²) in [6.45, 7) is -0.399. The second-order valence-corrected chi connectivity index (χ2v) is 4.09. The maximum absolute atomic E-state index is 11.9. The maximum atomic E-state index is 11.9. The first-order chi connectivity index (χ1) is 8.50. The summed E-state index contributed by atoms with van der Waals surface area (Å²) in [4.78, 5) is 36.1. The molecule has 1 aromatic rings. The number of rotatable bonds is 2. The van der Waals surface area contributed by atoms with Crippen molar-refractivity contribution in [2.24, 2.45) is 5.73 Å². The molecule has 1 aliphatic rings. The van der Waals surface area contributed by atoms with Gasteiger partial charge >= 0.3 is 0 Å². The molecule has 18 heavy (non-hydrogen) atoms. The lowest BCUT2D eigenvalue weighted by molar-refractivity contribution is -0.120. The van der Waals surface area contributed by atoms with Crippen LogP contribution in [0.5, 0.6) is 0 Å². The van der Waals surface area contributed by atoms with Crippen LogP contribution in [0.4, 0.5) is 0 Å². The van der Waals surface area contributed by atoms with Crippen LogP contribution in [0.15, 0.2) is 24.3 Å². The van der Waals surface area contributed by atoms with Gasteiger partial charge in [0.2, 0.25) is 5.91 Å². The van der Waals surface area contributed by atoms with Crippen LogP contribution in [0, 0.1) is 0 Å². The molecule has 6 nitrogen and oxygen atoms in total. The van der Waals surface area contributed by atoms with E-state index in [0.29, 0.717) is 11.1 Å². The molecule has 0 atom stereocenters. The van der Waals surface area contributed by atoms with Crippen molar-refractivity contribution in [3.8, 4) is 0 Å². The number of hydrogen-bond acceptors (Lipinski definition) is 4. The van der Waals surface area contributed by atoms with E-state index >= 15 is 0 Å². The molecule has 0 radical (unpaired) electrons. The molecule has 1 heterocycles. The Bertz CT molecular complexity index is 535. The molecule has 0 bridgehead atoms. The number of nitrogens with two attached hydrogens (primary N) is 1. The Morgan fingerprint density at radius 1 is 1.22 bits per heavy atom. The molecule has 0 spiro atoms. The molecule has 0 aromatic heterocycles. The van der Waals surface area contributed by atoms with Gasteiger partial charge in [0.05, 0.1) is 11.1 Å². The van der Waals surface area contributed by atoms with Gasteiger partial charge in [-0.15, -0.1) is 0 Å². The third-order valence-corrected chi connectivity index (χ3v) is 2.54. The van der Waals surface area contributed by atoms with Gasteiger partial charge in [0, 0.05) is 0 Å². The van der Waals surface area contributed by atoms with Crippen LogP contribution >= 0.6 is 12.2 Å². The topological polar surface area (TPSA) is 92.5 Å². The van der Waals surface area contributed by atoms with Crippen LogP contribution in [0.25, 0.3) is 0 Å². The molecule has 7 heteroatoms. The number of hydrogen-bond donors (Lipinski definition) is 2. The van der Waals surface area contributed by atoms with E-state index in [9.17, 15) is 14.4 Å². The molecule has 92 valence electrons. The molecule has 2 rings (SSSR count). The first-order valence-corrected chi connectivity index (χ1v) is 5.46. The molecule has 0 aliphatic carbocycles. The highest BCUT2D eigenvalue weighted by atomic mass is 32.1. The minimum atomic E-state index is -0.600. The molecule has 1 aromatic carbocycles. The highest BCUT2D eigenvalue weighted by Gasteiger charge is 2.36. The highest BCUT2D eigenvalue weighted by Crippen LogP contribution is 2.21. The van der Waals surface area contributed by atoms with Crippen LogP contribution in [0.3, 0.4) is 0 Å². The lowest BCUT2D eigenvalue weighted by atomic mass is 10.1. The number of nitrogens with one attached hydrogen (secondary N) is 1. The fourth-order valence-electron chi connectivity index (χ4n) is 1.70. The van der Waals surface area contributed by atoms with E-state index in [2.05, 4.69) is 17.5 Å². The molecule has 0 saturated carbocycles. The van der Waals surface area contributed by atoms with Crippen LogP contribution in [0.2, 0.25) is 0 Å². The smallest absolute Gasteiger partial charge is 0.262 e. The van der Waals surface area contributed by atoms with Crippen molar-refractivity contribution in [3.63, 3.8) is 0 Å². The SMILES string of the molecule is NC(=S)NC(=O)CN1C(=O)c2ccccc2C1=O. The zero-order valence-electron chi connectivity index (χ0n) is 9.17. The zero-order valence-corrected chi connectivity index (χ0v) is 9.99. The third kappa shape index (κ3) is 2.07. The molecule has 0 unspecified atom stereocenters. The summed E-state index contributed by atoms with van der Waals surface area (Å²) in [7, 11) is 0. The Balaban J connectivity index is 2.19. The predicted octanol–water partition coefficient (Wildman–Crippen LogP) is -0.358. The van der Waals surface area contributed by atoms with E-state index in [4.69, 9.17) is 5.73 Å². The summed E-state index contributed by atoms with van der Waals surface area (Å²) in [5, 5.41) is 1.96. The Morgan fingerprint density at radius 2 is 1.72 bits per heavy atom. The van der Waals surface area contributed by atoms with Crippen molar-refractivity contribution in [3.05, 3.63) is 35.4 Å². The summed E-state index contributed by atoms with van der Waals surface area (Å²) in [6.07, 6.45) is 0. The molecular weight excluding hydrogens is 254 g/mol. The van der Waals surface area contributed by atoms with Gasteiger partial charge < -0.3 is 11.1 Å². The summed E-state index contributed by atoms with van der Waals surface area (Å²) in [5.41, 5.74) is 5.73. The first kappa shape index (κ1) is 12.2. The van der Waals surface area contributed by atoms with E-state index in [0.717, 1.165) is 4.90 Å². The molecular formula is C11H9N3O3S. The lowest BCUT2D eigenvalue weighted by Crippen LogP contribution is -2.44. The monoisotopic (exact) mass is 263 g/mol. The van der Waals surface area contributed by atoms with E-state index in [-0.39, 0.29) is 5.11 Å². The second kappa shape index (κ2) is 4.53. The number of carbonyl (C=O) groups excluding carboxylic acids is 3. The highest BCUT2D eigenvalue weighted by molar-refractivity contribution is 7.80. The van der Waals surface area contributed by atoms with Crippen molar-refractivity contribution in [2.45, 2.75) is 0 Å². The normalized spacial score (nSPS) is 13.4. The standard InChI is InChI=1S/C11H9N3O3S/c12-11(18)13-8(15)5-14-9(16)6-3-1-2-4-7(6)10(14)17/h1-4H,5H2,(H3,12,13,15,18). The Labute approximate surface area is 108 Å². The second-order valence-electron chi connectivity index (χ2n) is 3.65. The van der Waals surface area contributed by atoms with E-state index in [1.807, 2.05) is 0 Å². The summed E-state index contributed by atoms with van der Waals surface area (Å²) in [5.74, 6) is -1.58. The van der Waals surface area contributed by atoms with Gasteiger partial charge in [-0.1, -0.05) is 12.1 Å². The quantitative estimate of drug-likeness (QED) is 0.561. The number of imide groups is 1. The zero-order chi connectivity index (χ0) is 13.3. The number of amides is 3. The Kier molecular flexibility index (Phi) is 3.07. The van der Waals surface area contributed by atoms with Crippen LogP contribution in [0.1, 0.15) is 20.7 Å². The first-order valence-electron chi connectivity index (χ1n) is 5.05. The van der Waals surface area contributed by atoms with Gasteiger partial charge in [0.1, 0.15) is 6.54 Å². The third-order valence-electron chi connectivity index (χ3n) is 2.44. The average molecular weight is 263 g/mol. The number of fused-ring (bicyclic) bond motifs is 1. The van der Waals surface area contributed by atoms with Crippen LogP contribution in [-0.2, 0) is 4.79 Å². The predicted molar refractivity (Wildman–Crippen MR) is 66.7 cm³/mol. The van der Waals surface area contributed by atoms with Crippen molar-refractivity contribution < 1.29 is 14.4 Å². The molecule has 0 fully saturated rings. The number of thiocarbonyl (C=S) groups is 1. The van der Waals surface area contributed by atoms with Gasteiger partial charge in [0.25, 0.3) is 11.8 Å². The van der Waals surface area contributed by atoms with Crippen LogP contribution < -0.4 is 11.1 Å². The van der Waals surface area contributed by atoms with Crippen molar-refractivity contribution in [1.29, 1.82) is 0 Å². The summed E-state index contributed by atoms with van der Waals surface area (Å²) < 4.78 is 0. The fraction of sp³-hybridized carbons (Fsp3) is 0.0909. The fourth-order valence-corrected chi connectivity index (χ4v) is 1.82. The van der Waals surface area contributed by atoms with Crippen molar-refractivity contribution >= 4 is 35.1 Å². The lowest BCUT2D eigenvalue weighted by Gasteiger charge is -2.12. The van der Waals surface area contributed by atoms with Crippen molar-refractivity contribution in [2.75, 3.05) is 6.54 Å². The number of carbonyl (C=O) groups is 3. The van der Waals surface area contributed by atoms with Gasteiger partial charge in [-0.05, 0) is 24.4 Å². The summed E-state index contributed by atoms with van der Waals surface area (Å²) >= 11 is 4.50. The maximum Gasteiger partial charge on any atom is 0.262 e. The van der Waals surface area contributed by atoms with Gasteiger partial charge in [-0.25, -0.2) is 0 Å². The van der Waals surface area contributed by atoms with E-state index in [1.54, 1.807) is 24.3 Å². The molecule has 3 N–H and O–H groups in total. The van der Waals surface area contributed by atoms with Crippen molar-refractivity contribution in [1.82, 2.24) is 10.2 Å². The molecule has 1 aliphatic heterocycles. The Hall–Kier alpha value is -2.28. The average Bonchev–Trinajstić information content (AvgIpc) is 2.54. The van der Waals surface area contributed by atoms with E-state index < -0.39 is 24.3 Å². The Morgan fingerprint density at radius 3 is 2.17 bits per heavy atom. The van der Waals surface area contributed by atoms with Gasteiger partial charge in [-0.3, -0.25) is 19.3 Å². The van der Waals surface area contributed by atoms with Gasteiger partial charge in [-0.2, -0.15) is 0 Å². The van der Waals surface area contributed by atoms with Crippen LogP contribution in [-0.4, -0.2) is 34.3 Å². The minimum Gasteiger partial charge on any atom is -0.376 e.